The van der Waals surface area contributed by atoms with Gasteiger partial charge in [-0.2, -0.15) is 0 Å². The van der Waals surface area contributed by atoms with Gasteiger partial charge in [0.15, 0.2) is 17.3 Å². The fourth-order valence-corrected chi connectivity index (χ4v) is 3.34. The molecule has 0 aromatic heterocycles. The van der Waals surface area contributed by atoms with E-state index in [2.05, 4.69) is 13.8 Å². The summed E-state index contributed by atoms with van der Waals surface area (Å²) in [5.41, 5.74) is 1.20. The molecule has 0 bridgehead atoms. The Balaban J connectivity index is 2.14. The third kappa shape index (κ3) is 5.92. The molecule has 0 saturated heterocycles. The zero-order valence-corrected chi connectivity index (χ0v) is 18.2. The van der Waals surface area contributed by atoms with Gasteiger partial charge in [-0.1, -0.05) is 26.0 Å². The van der Waals surface area contributed by atoms with E-state index in [9.17, 15) is 13.2 Å². The van der Waals surface area contributed by atoms with Crippen LogP contribution in [0.25, 0.3) is 6.08 Å². The second-order valence-electron chi connectivity index (χ2n) is 7.12. The van der Waals surface area contributed by atoms with Crippen molar-refractivity contribution in [2.45, 2.75) is 18.7 Å². The van der Waals surface area contributed by atoms with E-state index < -0.39 is 10.0 Å². The molecule has 0 fully saturated rings. The molecule has 156 valence electrons. The monoisotopic (exact) mass is 417 g/mol. The van der Waals surface area contributed by atoms with Crippen LogP contribution < -0.4 is 9.47 Å². The summed E-state index contributed by atoms with van der Waals surface area (Å²) in [6, 6.07) is 11.3. The quantitative estimate of drug-likeness (QED) is 0.457. The SMILES string of the molecule is COc1cc(/C=C/C(=O)c2ccc(S(=O)(=O)N(C)C)cc2)ccc1OCC(C)C. The maximum atomic E-state index is 12.4. The van der Waals surface area contributed by atoms with Crippen molar-refractivity contribution in [2.24, 2.45) is 5.92 Å². The van der Waals surface area contributed by atoms with Crippen LogP contribution in [-0.4, -0.2) is 46.3 Å². The lowest BCUT2D eigenvalue weighted by Crippen LogP contribution is -2.22. The lowest BCUT2D eigenvalue weighted by Gasteiger charge is -2.12. The smallest absolute Gasteiger partial charge is 0.242 e. The van der Waals surface area contributed by atoms with E-state index in [0.717, 1.165) is 9.87 Å². The van der Waals surface area contributed by atoms with Crippen molar-refractivity contribution in [3.05, 3.63) is 59.7 Å². The predicted molar refractivity (Wildman–Crippen MR) is 114 cm³/mol. The predicted octanol–water partition coefficient (Wildman–Crippen LogP) is 3.88. The summed E-state index contributed by atoms with van der Waals surface area (Å²) in [6.45, 7) is 4.72. The third-order valence-electron chi connectivity index (χ3n) is 4.10. The number of carbonyl (C=O) groups is 1. The number of hydrogen-bond donors (Lipinski definition) is 0. The highest BCUT2D eigenvalue weighted by Gasteiger charge is 2.17. The summed E-state index contributed by atoms with van der Waals surface area (Å²) < 4.78 is 36.4. The molecule has 0 aliphatic heterocycles. The minimum atomic E-state index is -3.52. The van der Waals surface area contributed by atoms with Crippen molar-refractivity contribution < 1.29 is 22.7 Å². The highest BCUT2D eigenvalue weighted by atomic mass is 32.2. The van der Waals surface area contributed by atoms with E-state index in [0.29, 0.717) is 29.6 Å². The van der Waals surface area contributed by atoms with Crippen LogP contribution in [0.2, 0.25) is 0 Å². The zero-order valence-electron chi connectivity index (χ0n) is 17.4. The lowest BCUT2D eigenvalue weighted by molar-refractivity contribution is 0.104. The normalized spacial score (nSPS) is 12.0. The Bertz CT molecular complexity index is 977. The van der Waals surface area contributed by atoms with E-state index in [1.807, 2.05) is 12.1 Å². The van der Waals surface area contributed by atoms with Crippen molar-refractivity contribution in [1.29, 1.82) is 0 Å². The Labute approximate surface area is 172 Å². The fraction of sp³-hybridized carbons (Fsp3) is 0.318. The summed E-state index contributed by atoms with van der Waals surface area (Å²) >= 11 is 0. The first-order valence-electron chi connectivity index (χ1n) is 9.21. The zero-order chi connectivity index (χ0) is 21.6. The van der Waals surface area contributed by atoms with Gasteiger partial charge in [0.05, 0.1) is 18.6 Å². The van der Waals surface area contributed by atoms with Gasteiger partial charge >= 0.3 is 0 Å². The van der Waals surface area contributed by atoms with Crippen molar-refractivity contribution >= 4 is 21.9 Å². The summed E-state index contributed by atoms with van der Waals surface area (Å²) in [4.78, 5) is 12.6. The maximum Gasteiger partial charge on any atom is 0.242 e. The van der Waals surface area contributed by atoms with Crippen LogP contribution in [-0.2, 0) is 10.0 Å². The fourth-order valence-electron chi connectivity index (χ4n) is 2.43. The first-order valence-corrected chi connectivity index (χ1v) is 10.6. The number of carbonyl (C=O) groups excluding carboxylic acids is 1. The number of ether oxygens (including phenoxy) is 2. The lowest BCUT2D eigenvalue weighted by atomic mass is 10.1. The molecule has 2 aromatic carbocycles. The van der Waals surface area contributed by atoms with E-state index in [1.54, 1.807) is 19.3 Å². The summed E-state index contributed by atoms with van der Waals surface area (Å²) in [7, 11) is 0.976. The Hall–Kier alpha value is -2.64. The van der Waals surface area contributed by atoms with Gasteiger partial charge in [0, 0.05) is 19.7 Å². The van der Waals surface area contributed by atoms with E-state index in [-0.39, 0.29) is 10.7 Å². The number of sulfonamides is 1. The largest absolute Gasteiger partial charge is 0.493 e. The van der Waals surface area contributed by atoms with Crippen molar-refractivity contribution in [1.82, 2.24) is 4.31 Å². The molecule has 0 radical (unpaired) electrons. The minimum absolute atomic E-state index is 0.143. The Morgan fingerprint density at radius 2 is 1.72 bits per heavy atom. The standard InChI is InChI=1S/C22H27NO5S/c1-16(2)15-28-21-13-7-17(14-22(21)27-5)6-12-20(24)18-8-10-19(11-9-18)29(25,26)23(3)4/h6-14,16H,15H2,1-5H3/b12-6+. The molecular weight excluding hydrogens is 390 g/mol. The van der Waals surface area contributed by atoms with Crippen molar-refractivity contribution in [3.8, 4) is 11.5 Å². The van der Waals surface area contributed by atoms with Crippen molar-refractivity contribution in [3.63, 3.8) is 0 Å². The van der Waals surface area contributed by atoms with Gasteiger partial charge in [0.1, 0.15) is 0 Å². The summed E-state index contributed by atoms with van der Waals surface area (Å²) in [5.74, 6) is 1.43. The molecule has 6 nitrogen and oxygen atoms in total. The molecule has 0 heterocycles. The van der Waals surface area contributed by atoms with Crippen LogP contribution in [0.4, 0.5) is 0 Å². The minimum Gasteiger partial charge on any atom is -0.493 e. The first-order chi connectivity index (χ1) is 13.6. The van der Waals surface area contributed by atoms with Gasteiger partial charge in [-0.25, -0.2) is 12.7 Å². The van der Waals surface area contributed by atoms with Gasteiger partial charge in [-0.3, -0.25) is 4.79 Å². The maximum absolute atomic E-state index is 12.4. The number of hydrogen-bond acceptors (Lipinski definition) is 5. The Kier molecular flexibility index (Phi) is 7.59. The molecular formula is C22H27NO5S. The van der Waals surface area contributed by atoms with Gasteiger partial charge in [-0.15, -0.1) is 0 Å². The molecule has 0 unspecified atom stereocenters. The van der Waals surface area contributed by atoms with Crippen LogP contribution in [0.3, 0.4) is 0 Å². The van der Waals surface area contributed by atoms with Crippen LogP contribution >= 0.6 is 0 Å². The number of methoxy groups -OCH3 is 1. The number of nitrogens with zero attached hydrogens (tertiary/aromatic N) is 1. The molecule has 0 amide bonds. The molecule has 0 aliphatic carbocycles. The van der Waals surface area contributed by atoms with E-state index in [4.69, 9.17) is 9.47 Å². The summed E-state index contributed by atoms with van der Waals surface area (Å²) in [5, 5.41) is 0. The second-order valence-corrected chi connectivity index (χ2v) is 9.28. The molecule has 7 heteroatoms. The van der Waals surface area contributed by atoms with Crippen LogP contribution in [0.5, 0.6) is 11.5 Å². The molecule has 0 spiro atoms. The van der Waals surface area contributed by atoms with E-state index in [1.165, 1.54) is 44.4 Å². The molecule has 2 aromatic rings. The van der Waals surface area contributed by atoms with Gasteiger partial charge < -0.3 is 9.47 Å². The molecule has 29 heavy (non-hydrogen) atoms. The van der Waals surface area contributed by atoms with Crippen LogP contribution in [0.15, 0.2) is 53.4 Å². The number of ketones is 1. The van der Waals surface area contributed by atoms with E-state index >= 15 is 0 Å². The topological polar surface area (TPSA) is 72.9 Å². The molecule has 0 saturated carbocycles. The molecule has 2 rings (SSSR count). The van der Waals surface area contributed by atoms with Gasteiger partial charge in [-0.05, 0) is 54.0 Å². The van der Waals surface area contributed by atoms with Crippen LogP contribution in [0.1, 0.15) is 29.8 Å². The second kappa shape index (κ2) is 9.71. The average Bonchev–Trinajstić information content (AvgIpc) is 2.70. The first kappa shape index (κ1) is 22.6. The average molecular weight is 418 g/mol. The summed E-state index contributed by atoms with van der Waals surface area (Å²) in [6.07, 6.45) is 3.13. The highest BCUT2D eigenvalue weighted by Crippen LogP contribution is 2.29. The van der Waals surface area contributed by atoms with Crippen molar-refractivity contribution in [2.75, 3.05) is 27.8 Å². The highest BCUT2D eigenvalue weighted by molar-refractivity contribution is 7.89. The third-order valence-corrected chi connectivity index (χ3v) is 5.93. The van der Waals surface area contributed by atoms with Crippen LogP contribution in [0, 0.1) is 5.92 Å². The molecule has 0 N–H and O–H groups in total. The Morgan fingerprint density at radius 3 is 2.28 bits per heavy atom. The van der Waals surface area contributed by atoms with Gasteiger partial charge in [0.25, 0.3) is 0 Å². The Morgan fingerprint density at radius 1 is 1.07 bits per heavy atom. The molecule has 0 aliphatic rings. The number of benzene rings is 2. The molecule has 0 atom stereocenters. The number of allylic oxidation sites excluding steroid dienone is 1. The van der Waals surface area contributed by atoms with Gasteiger partial charge in [0.2, 0.25) is 10.0 Å². The number of rotatable bonds is 9.